The van der Waals surface area contributed by atoms with Crippen molar-refractivity contribution in [3.63, 3.8) is 0 Å². The number of carbonyl (C=O) groups excluding carboxylic acids is 3. The van der Waals surface area contributed by atoms with E-state index in [1.807, 2.05) is 19.1 Å². The van der Waals surface area contributed by atoms with Crippen molar-refractivity contribution in [3.8, 4) is 11.5 Å². The maximum atomic E-state index is 13.3. The van der Waals surface area contributed by atoms with Gasteiger partial charge < -0.3 is 9.47 Å². The summed E-state index contributed by atoms with van der Waals surface area (Å²) in [6.45, 7) is 2.33. The molecule has 4 amide bonds. The molecule has 0 saturated carbocycles. The van der Waals surface area contributed by atoms with Gasteiger partial charge in [0, 0.05) is 5.56 Å². The molecule has 0 atom stereocenters. The summed E-state index contributed by atoms with van der Waals surface area (Å²) in [6, 6.07) is 19.0. The molecule has 202 valence electrons. The molecule has 1 saturated heterocycles. The minimum atomic E-state index is -0.892. The summed E-state index contributed by atoms with van der Waals surface area (Å²) in [4.78, 5) is 39.3. The van der Waals surface area contributed by atoms with Crippen molar-refractivity contribution >= 4 is 79.5 Å². The molecule has 0 aliphatic carbocycles. The third-order valence-corrected chi connectivity index (χ3v) is 7.79. The van der Waals surface area contributed by atoms with Gasteiger partial charge in [-0.15, -0.1) is 0 Å². The van der Waals surface area contributed by atoms with Gasteiger partial charge in [0.1, 0.15) is 12.2 Å². The summed E-state index contributed by atoms with van der Waals surface area (Å²) in [5.41, 5.74) is 2.54. The van der Waals surface area contributed by atoms with Crippen LogP contribution in [-0.4, -0.2) is 25.0 Å². The molecule has 5 rings (SSSR count). The number of barbiturate groups is 1. The van der Waals surface area contributed by atoms with E-state index in [0.717, 1.165) is 26.8 Å². The summed E-state index contributed by atoms with van der Waals surface area (Å²) in [5.74, 6) is -0.786. The fourth-order valence-electron chi connectivity index (χ4n) is 4.43. The van der Waals surface area contributed by atoms with Gasteiger partial charge in [0.25, 0.3) is 11.8 Å². The first-order valence-electron chi connectivity index (χ1n) is 12.0. The van der Waals surface area contributed by atoms with Crippen LogP contribution in [0.4, 0.5) is 10.5 Å². The molecule has 1 heterocycles. The van der Waals surface area contributed by atoms with Gasteiger partial charge in [0.15, 0.2) is 11.5 Å². The number of hydrogen-bond donors (Lipinski definition) is 1. The zero-order chi connectivity index (χ0) is 28.6. The molecule has 0 spiro atoms. The lowest BCUT2D eigenvalue weighted by molar-refractivity contribution is -0.122. The van der Waals surface area contributed by atoms with Crippen LogP contribution in [0, 0.1) is 6.92 Å². The number of amides is 4. The van der Waals surface area contributed by atoms with E-state index in [0.29, 0.717) is 28.1 Å². The van der Waals surface area contributed by atoms with E-state index in [4.69, 9.17) is 32.7 Å². The fourth-order valence-corrected chi connectivity index (χ4v) is 5.29. The van der Waals surface area contributed by atoms with Gasteiger partial charge in [0.05, 0.1) is 27.3 Å². The number of aryl methyl sites for hydroxylation is 1. The number of methoxy groups -OCH3 is 1. The molecular weight excluding hydrogens is 619 g/mol. The first kappa shape index (κ1) is 27.7. The Balaban J connectivity index is 1.46. The van der Waals surface area contributed by atoms with E-state index in [1.165, 1.54) is 31.4 Å². The Morgan fingerprint density at radius 2 is 1.75 bits per heavy atom. The predicted octanol–water partition coefficient (Wildman–Crippen LogP) is 7.47. The van der Waals surface area contributed by atoms with Gasteiger partial charge in [0.2, 0.25) is 0 Å². The SMILES string of the molecule is COc1cc(/C=C2\C(=O)NC(=O)N(c3ccc(Cl)c(Cl)c3)C2=O)cc(Br)c1OCc1c(C)ccc2ccccc12. The Morgan fingerprint density at radius 3 is 2.50 bits per heavy atom. The fraction of sp³-hybridized carbons (Fsp3) is 0.100. The summed E-state index contributed by atoms with van der Waals surface area (Å²) >= 11 is 15.6. The van der Waals surface area contributed by atoms with Crippen LogP contribution in [-0.2, 0) is 16.2 Å². The first-order chi connectivity index (χ1) is 19.2. The minimum Gasteiger partial charge on any atom is -0.493 e. The number of benzene rings is 4. The predicted molar refractivity (Wildman–Crippen MR) is 159 cm³/mol. The molecule has 0 aromatic heterocycles. The van der Waals surface area contributed by atoms with Crippen molar-refractivity contribution in [2.45, 2.75) is 13.5 Å². The molecule has 1 aliphatic heterocycles. The second-order valence-electron chi connectivity index (χ2n) is 8.96. The molecule has 10 heteroatoms. The number of imide groups is 2. The van der Waals surface area contributed by atoms with Crippen molar-refractivity contribution in [2.75, 3.05) is 12.0 Å². The third kappa shape index (κ3) is 5.30. The highest BCUT2D eigenvalue weighted by Crippen LogP contribution is 2.39. The molecule has 1 fully saturated rings. The number of hydrogen-bond acceptors (Lipinski definition) is 5. The number of halogens is 3. The molecule has 1 N–H and O–H groups in total. The van der Waals surface area contributed by atoms with Crippen molar-refractivity contribution in [2.24, 2.45) is 0 Å². The minimum absolute atomic E-state index is 0.158. The van der Waals surface area contributed by atoms with Gasteiger partial charge >= 0.3 is 6.03 Å². The monoisotopic (exact) mass is 638 g/mol. The van der Waals surface area contributed by atoms with Gasteiger partial charge in [-0.1, -0.05) is 59.6 Å². The quantitative estimate of drug-likeness (QED) is 0.175. The number of ether oxygens (including phenoxy) is 2. The Bertz CT molecular complexity index is 1740. The molecule has 4 aromatic rings. The molecule has 0 radical (unpaired) electrons. The standard InChI is InChI=1S/C30H21BrCl2N2O5/c1-16-7-8-18-5-3-4-6-20(18)22(16)15-40-27-23(31)12-17(13-26(27)39-2)11-21-28(36)34-30(38)35(29(21)37)19-9-10-24(32)25(33)14-19/h3-14H,15H2,1-2H3,(H,34,36,38)/b21-11+. The topological polar surface area (TPSA) is 84.9 Å². The Labute approximate surface area is 248 Å². The van der Waals surface area contributed by atoms with E-state index < -0.39 is 17.8 Å². The number of carbonyl (C=O) groups is 3. The van der Waals surface area contributed by atoms with Crippen molar-refractivity contribution in [1.82, 2.24) is 5.32 Å². The molecule has 0 bridgehead atoms. The molecule has 40 heavy (non-hydrogen) atoms. The average Bonchev–Trinajstić information content (AvgIpc) is 2.92. The highest BCUT2D eigenvalue weighted by atomic mass is 79.9. The lowest BCUT2D eigenvalue weighted by Crippen LogP contribution is -2.54. The van der Waals surface area contributed by atoms with Gasteiger partial charge in [-0.2, -0.15) is 0 Å². The van der Waals surface area contributed by atoms with Crippen LogP contribution in [0.5, 0.6) is 11.5 Å². The van der Waals surface area contributed by atoms with Crippen LogP contribution in [0.3, 0.4) is 0 Å². The van der Waals surface area contributed by atoms with Crippen LogP contribution >= 0.6 is 39.1 Å². The lowest BCUT2D eigenvalue weighted by atomic mass is 10.0. The number of fused-ring (bicyclic) bond motifs is 1. The summed E-state index contributed by atoms with van der Waals surface area (Å²) < 4.78 is 12.4. The van der Waals surface area contributed by atoms with Crippen LogP contribution in [0.15, 0.2) is 76.8 Å². The normalized spacial score (nSPS) is 14.6. The van der Waals surface area contributed by atoms with Crippen LogP contribution < -0.4 is 19.7 Å². The zero-order valence-corrected chi connectivity index (χ0v) is 24.4. The Kier molecular flexibility index (Phi) is 7.85. The summed E-state index contributed by atoms with van der Waals surface area (Å²) in [5, 5.41) is 4.82. The zero-order valence-electron chi connectivity index (χ0n) is 21.3. The van der Waals surface area contributed by atoms with E-state index in [-0.39, 0.29) is 21.3 Å². The Hall–Kier alpha value is -3.85. The smallest absolute Gasteiger partial charge is 0.335 e. The molecule has 7 nitrogen and oxygen atoms in total. The molecule has 0 unspecified atom stereocenters. The summed E-state index contributed by atoms with van der Waals surface area (Å²) in [7, 11) is 1.50. The van der Waals surface area contributed by atoms with Gasteiger partial charge in [-0.25, -0.2) is 9.69 Å². The maximum Gasteiger partial charge on any atom is 0.335 e. The number of nitrogens with zero attached hydrogens (tertiary/aromatic N) is 1. The average molecular weight is 640 g/mol. The van der Waals surface area contributed by atoms with E-state index in [9.17, 15) is 14.4 Å². The highest BCUT2D eigenvalue weighted by Gasteiger charge is 2.37. The van der Waals surface area contributed by atoms with Crippen molar-refractivity contribution < 1.29 is 23.9 Å². The molecular formula is C30H21BrCl2N2O5. The summed E-state index contributed by atoms with van der Waals surface area (Å²) in [6.07, 6.45) is 1.38. The van der Waals surface area contributed by atoms with Crippen molar-refractivity contribution in [3.05, 3.63) is 104 Å². The van der Waals surface area contributed by atoms with E-state index >= 15 is 0 Å². The maximum absolute atomic E-state index is 13.3. The number of anilines is 1. The molecule has 1 aliphatic rings. The van der Waals surface area contributed by atoms with Gasteiger partial charge in [-0.05, 0) is 81.2 Å². The van der Waals surface area contributed by atoms with E-state index in [1.54, 1.807) is 12.1 Å². The first-order valence-corrected chi connectivity index (χ1v) is 13.6. The van der Waals surface area contributed by atoms with Gasteiger partial charge in [-0.3, -0.25) is 14.9 Å². The van der Waals surface area contributed by atoms with Crippen LogP contribution in [0.25, 0.3) is 16.8 Å². The second-order valence-corrected chi connectivity index (χ2v) is 10.6. The highest BCUT2D eigenvalue weighted by molar-refractivity contribution is 9.10. The number of urea groups is 1. The molecule has 4 aromatic carbocycles. The third-order valence-electron chi connectivity index (χ3n) is 6.46. The second kappa shape index (κ2) is 11.3. The van der Waals surface area contributed by atoms with Crippen molar-refractivity contribution in [1.29, 1.82) is 0 Å². The number of rotatable bonds is 6. The Morgan fingerprint density at radius 1 is 0.975 bits per heavy atom. The van der Waals surface area contributed by atoms with Crippen LogP contribution in [0.2, 0.25) is 10.0 Å². The van der Waals surface area contributed by atoms with E-state index in [2.05, 4.69) is 45.5 Å². The largest absolute Gasteiger partial charge is 0.493 e. The lowest BCUT2D eigenvalue weighted by Gasteiger charge is -2.26. The van der Waals surface area contributed by atoms with Crippen LogP contribution in [0.1, 0.15) is 16.7 Å². The number of nitrogens with one attached hydrogen (secondary N) is 1.